The zero-order chi connectivity index (χ0) is 21.9. The third kappa shape index (κ3) is 4.97. The highest BCUT2D eigenvalue weighted by Gasteiger charge is 2.38. The van der Waals surface area contributed by atoms with Gasteiger partial charge in [-0.15, -0.1) is 0 Å². The van der Waals surface area contributed by atoms with Crippen LogP contribution in [-0.4, -0.2) is 43.4 Å². The van der Waals surface area contributed by atoms with E-state index in [4.69, 9.17) is 9.90 Å². The highest BCUT2D eigenvalue weighted by molar-refractivity contribution is 5.73. The number of rotatable bonds is 3. The lowest BCUT2D eigenvalue weighted by atomic mass is 10.0. The average Bonchev–Trinajstić information content (AvgIpc) is 3.16. The van der Waals surface area contributed by atoms with E-state index in [1.165, 1.54) is 28.0 Å². The lowest BCUT2D eigenvalue weighted by molar-refractivity contribution is -0.192. The average molecular weight is 430 g/mol. The van der Waals surface area contributed by atoms with Crippen LogP contribution in [0.4, 0.5) is 33.5 Å². The predicted molar refractivity (Wildman–Crippen MR) is 94.6 cm³/mol. The van der Waals surface area contributed by atoms with E-state index in [9.17, 15) is 22.0 Å². The topological polar surface area (TPSA) is 104 Å². The van der Waals surface area contributed by atoms with E-state index in [0.717, 1.165) is 25.2 Å². The first-order valence-electron chi connectivity index (χ1n) is 8.53. The summed E-state index contributed by atoms with van der Waals surface area (Å²) in [5.74, 6) is -2.20. The van der Waals surface area contributed by atoms with Crippen LogP contribution in [0.2, 0.25) is 0 Å². The standard InChI is InChI=1S/C15H14F2N6.C2HF3O2/c16-14(17)12-6-13(23-15(22-12)19-8-20-23)21-11-2-1-9-3-4-18-7-10(9)5-11;3-2(4,5)1(6)7/h1-2,5-6,8,14,18,21H,3-4,7H2;(H,6,7). The fourth-order valence-electron chi connectivity index (χ4n) is 2.74. The molecule has 0 fully saturated rings. The molecule has 3 heterocycles. The largest absolute Gasteiger partial charge is 0.490 e. The molecular weight excluding hydrogens is 415 g/mol. The Kier molecular flexibility index (Phi) is 6.10. The van der Waals surface area contributed by atoms with E-state index in [0.29, 0.717) is 5.82 Å². The van der Waals surface area contributed by atoms with Crippen molar-refractivity contribution in [2.24, 2.45) is 0 Å². The van der Waals surface area contributed by atoms with Crippen molar-refractivity contribution in [2.75, 3.05) is 11.9 Å². The first-order valence-corrected chi connectivity index (χ1v) is 8.53. The van der Waals surface area contributed by atoms with Crippen LogP contribution in [0.1, 0.15) is 23.2 Å². The zero-order valence-corrected chi connectivity index (χ0v) is 15.1. The van der Waals surface area contributed by atoms with Gasteiger partial charge >= 0.3 is 12.1 Å². The summed E-state index contributed by atoms with van der Waals surface area (Å²) in [5, 5.41) is 17.6. The number of carboxylic acid groups (broad SMARTS) is 1. The van der Waals surface area contributed by atoms with Crippen molar-refractivity contribution < 1.29 is 31.9 Å². The van der Waals surface area contributed by atoms with Gasteiger partial charge in [-0.2, -0.15) is 27.8 Å². The molecule has 0 aliphatic carbocycles. The van der Waals surface area contributed by atoms with Crippen LogP contribution in [0.3, 0.4) is 0 Å². The lowest BCUT2D eigenvalue weighted by Gasteiger charge is -2.18. The second kappa shape index (κ2) is 8.57. The second-order valence-corrected chi connectivity index (χ2v) is 6.18. The van der Waals surface area contributed by atoms with Crippen LogP contribution in [0.25, 0.3) is 5.78 Å². The van der Waals surface area contributed by atoms with Gasteiger partial charge in [-0.05, 0) is 36.2 Å². The van der Waals surface area contributed by atoms with Crippen LogP contribution in [-0.2, 0) is 17.8 Å². The molecule has 13 heteroatoms. The zero-order valence-electron chi connectivity index (χ0n) is 15.1. The first kappa shape index (κ1) is 21.4. The Morgan fingerprint density at radius 1 is 1.23 bits per heavy atom. The molecule has 160 valence electrons. The number of fused-ring (bicyclic) bond motifs is 2. The third-order valence-electron chi connectivity index (χ3n) is 4.10. The molecule has 0 spiro atoms. The molecule has 0 atom stereocenters. The number of alkyl halides is 5. The summed E-state index contributed by atoms with van der Waals surface area (Å²) in [7, 11) is 0. The highest BCUT2D eigenvalue weighted by atomic mass is 19.4. The summed E-state index contributed by atoms with van der Waals surface area (Å²) in [6.45, 7) is 1.78. The third-order valence-corrected chi connectivity index (χ3v) is 4.10. The van der Waals surface area contributed by atoms with Crippen LogP contribution >= 0.6 is 0 Å². The van der Waals surface area contributed by atoms with Gasteiger partial charge in [0.1, 0.15) is 17.8 Å². The van der Waals surface area contributed by atoms with Gasteiger partial charge in [0.15, 0.2) is 0 Å². The SMILES string of the molecule is FC(F)c1cc(Nc2ccc3c(c2)CNCC3)n2ncnc2n1.O=C(O)C(F)(F)F. The van der Waals surface area contributed by atoms with Gasteiger partial charge in [-0.3, -0.25) is 0 Å². The van der Waals surface area contributed by atoms with Crippen molar-refractivity contribution in [2.45, 2.75) is 25.6 Å². The number of nitrogens with zero attached hydrogens (tertiary/aromatic N) is 4. The fraction of sp³-hybridized carbons (Fsp3) is 0.294. The molecule has 3 N–H and O–H groups in total. The number of nitrogens with one attached hydrogen (secondary N) is 2. The molecule has 0 saturated heterocycles. The molecule has 30 heavy (non-hydrogen) atoms. The number of carbonyl (C=O) groups is 1. The molecule has 3 aromatic rings. The maximum atomic E-state index is 13.0. The summed E-state index contributed by atoms with van der Waals surface area (Å²) in [5.41, 5.74) is 3.01. The van der Waals surface area contributed by atoms with Crippen LogP contribution in [0.15, 0.2) is 30.6 Å². The van der Waals surface area contributed by atoms with Gasteiger partial charge in [0.25, 0.3) is 12.2 Å². The van der Waals surface area contributed by atoms with E-state index >= 15 is 0 Å². The number of anilines is 2. The summed E-state index contributed by atoms with van der Waals surface area (Å²) in [4.78, 5) is 16.6. The maximum Gasteiger partial charge on any atom is 0.490 e. The Bertz CT molecular complexity index is 1050. The molecule has 0 radical (unpaired) electrons. The molecule has 4 rings (SSSR count). The summed E-state index contributed by atoms with van der Waals surface area (Å²) >= 11 is 0. The Hall–Kier alpha value is -3.35. The number of hydrogen-bond donors (Lipinski definition) is 3. The Balaban J connectivity index is 0.000000318. The predicted octanol–water partition coefficient (Wildman–Crippen LogP) is 3.08. The number of aliphatic carboxylic acids is 1. The van der Waals surface area contributed by atoms with E-state index in [2.05, 4.69) is 31.8 Å². The van der Waals surface area contributed by atoms with Gasteiger partial charge in [0, 0.05) is 18.3 Å². The number of hydrogen-bond acceptors (Lipinski definition) is 6. The summed E-state index contributed by atoms with van der Waals surface area (Å²) in [6, 6.07) is 7.32. The van der Waals surface area contributed by atoms with E-state index in [-0.39, 0.29) is 11.5 Å². The number of halogens is 5. The Morgan fingerprint density at radius 3 is 2.63 bits per heavy atom. The number of aromatic nitrogens is 4. The Morgan fingerprint density at radius 2 is 1.97 bits per heavy atom. The van der Waals surface area contributed by atoms with Crippen LogP contribution in [0, 0.1) is 0 Å². The molecule has 0 unspecified atom stereocenters. The molecule has 8 nitrogen and oxygen atoms in total. The Labute approximate surface area is 165 Å². The summed E-state index contributed by atoms with van der Waals surface area (Å²) in [6.07, 6.45) is -5.46. The molecule has 0 saturated carbocycles. The van der Waals surface area contributed by atoms with Crippen molar-refractivity contribution in [1.82, 2.24) is 24.9 Å². The molecule has 2 aromatic heterocycles. The summed E-state index contributed by atoms with van der Waals surface area (Å²) < 4.78 is 59.1. The number of carboxylic acids is 1. The minimum Gasteiger partial charge on any atom is -0.475 e. The van der Waals surface area contributed by atoms with Gasteiger partial charge in [0.2, 0.25) is 0 Å². The van der Waals surface area contributed by atoms with Crippen molar-refractivity contribution in [3.05, 3.63) is 47.4 Å². The van der Waals surface area contributed by atoms with Crippen LogP contribution < -0.4 is 10.6 Å². The smallest absolute Gasteiger partial charge is 0.475 e. The van der Waals surface area contributed by atoms with Crippen molar-refractivity contribution in [3.8, 4) is 0 Å². The molecule has 1 aromatic carbocycles. The fourth-order valence-corrected chi connectivity index (χ4v) is 2.74. The minimum absolute atomic E-state index is 0.143. The van der Waals surface area contributed by atoms with Gasteiger partial charge in [-0.25, -0.2) is 18.6 Å². The second-order valence-electron chi connectivity index (χ2n) is 6.18. The van der Waals surface area contributed by atoms with Crippen molar-refractivity contribution >= 4 is 23.3 Å². The maximum absolute atomic E-state index is 13.0. The van der Waals surface area contributed by atoms with Gasteiger partial charge in [0.05, 0.1) is 0 Å². The van der Waals surface area contributed by atoms with Crippen LogP contribution in [0.5, 0.6) is 0 Å². The van der Waals surface area contributed by atoms with E-state index < -0.39 is 18.6 Å². The molecule has 0 bridgehead atoms. The molecule has 0 amide bonds. The molecular formula is C17H15F5N6O2. The van der Waals surface area contributed by atoms with E-state index in [1.54, 1.807) is 0 Å². The lowest BCUT2D eigenvalue weighted by Crippen LogP contribution is -2.23. The minimum atomic E-state index is -5.08. The number of benzene rings is 1. The monoisotopic (exact) mass is 430 g/mol. The molecule has 1 aliphatic rings. The first-order chi connectivity index (χ1) is 14.1. The highest BCUT2D eigenvalue weighted by Crippen LogP contribution is 2.25. The van der Waals surface area contributed by atoms with Crippen molar-refractivity contribution in [1.29, 1.82) is 0 Å². The van der Waals surface area contributed by atoms with E-state index in [1.807, 2.05) is 12.1 Å². The quantitative estimate of drug-likeness (QED) is 0.549. The van der Waals surface area contributed by atoms with Crippen molar-refractivity contribution in [3.63, 3.8) is 0 Å². The van der Waals surface area contributed by atoms with Gasteiger partial charge < -0.3 is 15.7 Å². The normalized spacial score (nSPS) is 13.5. The molecule has 1 aliphatic heterocycles. The van der Waals surface area contributed by atoms with Gasteiger partial charge in [-0.1, -0.05) is 6.07 Å².